The number of ether oxygens (including phenoxy) is 1. The van der Waals surface area contributed by atoms with Gasteiger partial charge in [-0.1, -0.05) is 12.1 Å². The summed E-state index contributed by atoms with van der Waals surface area (Å²) in [7, 11) is 0. The summed E-state index contributed by atoms with van der Waals surface area (Å²) in [4.78, 5) is 3.99. The molecule has 0 spiro atoms. The standard InChI is InChI=1S/C14H14N2O/c15-14-9-11(6-7-16-14)10-2-1-3-13(8-10)17-12-4-5-12/h1-3,6-9,12H,4-5H2,(H2,15,16). The zero-order valence-corrected chi connectivity index (χ0v) is 9.47. The van der Waals surface area contributed by atoms with E-state index in [9.17, 15) is 0 Å². The van der Waals surface area contributed by atoms with Crippen LogP contribution in [0.1, 0.15) is 12.8 Å². The summed E-state index contributed by atoms with van der Waals surface area (Å²) in [5, 5.41) is 0. The maximum atomic E-state index is 5.77. The smallest absolute Gasteiger partial charge is 0.123 e. The van der Waals surface area contributed by atoms with Crippen molar-refractivity contribution in [2.45, 2.75) is 18.9 Å². The van der Waals surface area contributed by atoms with Gasteiger partial charge < -0.3 is 10.5 Å². The highest BCUT2D eigenvalue weighted by molar-refractivity contribution is 5.67. The number of pyridine rings is 1. The van der Waals surface area contributed by atoms with Gasteiger partial charge in [0.05, 0.1) is 6.10 Å². The van der Waals surface area contributed by atoms with Crippen LogP contribution in [0, 0.1) is 0 Å². The summed E-state index contributed by atoms with van der Waals surface area (Å²) in [6.45, 7) is 0. The first-order valence-electron chi connectivity index (χ1n) is 5.80. The van der Waals surface area contributed by atoms with Crippen LogP contribution in [0.2, 0.25) is 0 Å². The molecule has 0 amide bonds. The van der Waals surface area contributed by atoms with Crippen LogP contribution < -0.4 is 10.5 Å². The molecule has 86 valence electrons. The van der Waals surface area contributed by atoms with E-state index in [1.165, 1.54) is 12.8 Å². The molecule has 0 bridgehead atoms. The lowest BCUT2D eigenvalue weighted by Gasteiger charge is -2.07. The molecular formula is C14H14N2O. The predicted molar refractivity (Wildman–Crippen MR) is 67.7 cm³/mol. The van der Waals surface area contributed by atoms with E-state index in [1.54, 1.807) is 6.20 Å². The zero-order chi connectivity index (χ0) is 11.7. The van der Waals surface area contributed by atoms with Crippen LogP contribution in [0.15, 0.2) is 42.6 Å². The van der Waals surface area contributed by atoms with E-state index in [0.717, 1.165) is 16.9 Å². The van der Waals surface area contributed by atoms with Crippen molar-refractivity contribution in [1.82, 2.24) is 4.98 Å². The molecule has 3 heteroatoms. The highest BCUT2D eigenvalue weighted by Crippen LogP contribution is 2.29. The highest BCUT2D eigenvalue weighted by Gasteiger charge is 2.23. The molecule has 1 aromatic carbocycles. The summed E-state index contributed by atoms with van der Waals surface area (Å²) >= 11 is 0. The molecule has 0 aliphatic heterocycles. The maximum Gasteiger partial charge on any atom is 0.123 e. The minimum absolute atomic E-state index is 0.424. The molecule has 0 saturated heterocycles. The van der Waals surface area contributed by atoms with Gasteiger partial charge in [-0.15, -0.1) is 0 Å². The fourth-order valence-corrected chi connectivity index (χ4v) is 1.76. The Morgan fingerprint density at radius 3 is 2.71 bits per heavy atom. The number of nitrogens with zero attached hydrogens (tertiary/aromatic N) is 1. The van der Waals surface area contributed by atoms with Crippen LogP contribution >= 0.6 is 0 Å². The van der Waals surface area contributed by atoms with Crippen LogP contribution in [0.4, 0.5) is 5.82 Å². The van der Waals surface area contributed by atoms with Gasteiger partial charge in [-0.2, -0.15) is 0 Å². The Morgan fingerprint density at radius 2 is 1.94 bits per heavy atom. The van der Waals surface area contributed by atoms with E-state index >= 15 is 0 Å². The highest BCUT2D eigenvalue weighted by atomic mass is 16.5. The third-order valence-electron chi connectivity index (χ3n) is 2.78. The van der Waals surface area contributed by atoms with Crippen molar-refractivity contribution in [2.75, 3.05) is 5.73 Å². The Labute approximate surface area is 100 Å². The van der Waals surface area contributed by atoms with Crippen molar-refractivity contribution in [3.63, 3.8) is 0 Å². The van der Waals surface area contributed by atoms with Gasteiger partial charge in [0, 0.05) is 6.20 Å². The van der Waals surface area contributed by atoms with E-state index in [-0.39, 0.29) is 0 Å². The van der Waals surface area contributed by atoms with Crippen LogP contribution in [0.5, 0.6) is 5.75 Å². The topological polar surface area (TPSA) is 48.1 Å². The van der Waals surface area contributed by atoms with Crippen molar-refractivity contribution in [3.05, 3.63) is 42.6 Å². The van der Waals surface area contributed by atoms with Gasteiger partial charge >= 0.3 is 0 Å². The van der Waals surface area contributed by atoms with Crippen molar-refractivity contribution in [1.29, 1.82) is 0 Å². The number of hydrogen-bond acceptors (Lipinski definition) is 3. The van der Waals surface area contributed by atoms with Crippen LogP contribution in [0.3, 0.4) is 0 Å². The minimum Gasteiger partial charge on any atom is -0.490 e. The van der Waals surface area contributed by atoms with Gasteiger partial charge in [-0.3, -0.25) is 0 Å². The van der Waals surface area contributed by atoms with Gasteiger partial charge in [-0.05, 0) is 48.2 Å². The second-order valence-electron chi connectivity index (χ2n) is 4.31. The van der Waals surface area contributed by atoms with Crippen molar-refractivity contribution >= 4 is 5.82 Å². The zero-order valence-electron chi connectivity index (χ0n) is 9.47. The largest absolute Gasteiger partial charge is 0.490 e. The molecule has 0 atom stereocenters. The van der Waals surface area contributed by atoms with Crippen LogP contribution in [-0.2, 0) is 0 Å². The molecule has 1 aromatic heterocycles. The summed E-state index contributed by atoms with van der Waals surface area (Å²) in [5.74, 6) is 1.47. The molecule has 0 unspecified atom stereocenters. The maximum absolute atomic E-state index is 5.77. The number of benzene rings is 1. The molecule has 3 rings (SSSR count). The van der Waals surface area contributed by atoms with E-state index in [1.807, 2.05) is 30.3 Å². The van der Waals surface area contributed by atoms with Crippen molar-refractivity contribution in [2.24, 2.45) is 0 Å². The number of anilines is 1. The molecule has 1 fully saturated rings. The Bertz CT molecular complexity index is 535. The summed E-state index contributed by atoms with van der Waals surface area (Å²) < 4.78 is 5.77. The first-order chi connectivity index (χ1) is 8.31. The average Bonchev–Trinajstić information content (AvgIpc) is 3.13. The molecule has 1 heterocycles. The fourth-order valence-electron chi connectivity index (χ4n) is 1.76. The second kappa shape index (κ2) is 4.09. The van der Waals surface area contributed by atoms with Crippen LogP contribution in [0.25, 0.3) is 11.1 Å². The number of rotatable bonds is 3. The summed E-state index contributed by atoms with van der Waals surface area (Å²) in [5.41, 5.74) is 7.86. The fraction of sp³-hybridized carbons (Fsp3) is 0.214. The quantitative estimate of drug-likeness (QED) is 0.875. The Hall–Kier alpha value is -2.03. The first kappa shape index (κ1) is 10.1. The molecular weight excluding hydrogens is 212 g/mol. The third-order valence-corrected chi connectivity index (χ3v) is 2.78. The Morgan fingerprint density at radius 1 is 1.12 bits per heavy atom. The monoisotopic (exact) mass is 226 g/mol. The van der Waals surface area contributed by atoms with Gasteiger partial charge in [0.15, 0.2) is 0 Å². The van der Waals surface area contributed by atoms with Crippen molar-refractivity contribution in [3.8, 4) is 16.9 Å². The number of aromatic nitrogens is 1. The summed E-state index contributed by atoms with van der Waals surface area (Å²) in [6.07, 6.45) is 4.49. The lowest BCUT2D eigenvalue weighted by molar-refractivity contribution is 0.303. The molecule has 0 radical (unpaired) electrons. The summed E-state index contributed by atoms with van der Waals surface area (Å²) in [6, 6.07) is 11.9. The Balaban J connectivity index is 1.91. The third kappa shape index (κ3) is 2.38. The van der Waals surface area contributed by atoms with E-state index in [2.05, 4.69) is 11.1 Å². The van der Waals surface area contributed by atoms with E-state index < -0.39 is 0 Å². The lowest BCUT2D eigenvalue weighted by Crippen LogP contribution is -1.95. The van der Waals surface area contributed by atoms with E-state index in [4.69, 9.17) is 10.5 Å². The van der Waals surface area contributed by atoms with Gasteiger partial charge in [0.1, 0.15) is 11.6 Å². The average molecular weight is 226 g/mol. The predicted octanol–water partition coefficient (Wildman–Crippen LogP) is 2.87. The first-order valence-corrected chi connectivity index (χ1v) is 5.80. The molecule has 1 saturated carbocycles. The minimum atomic E-state index is 0.424. The molecule has 17 heavy (non-hydrogen) atoms. The number of hydrogen-bond donors (Lipinski definition) is 1. The molecule has 2 aromatic rings. The number of nitrogens with two attached hydrogens (primary N) is 1. The normalized spacial score (nSPS) is 14.6. The number of nitrogen functional groups attached to an aromatic ring is 1. The van der Waals surface area contributed by atoms with Gasteiger partial charge in [0.2, 0.25) is 0 Å². The molecule has 1 aliphatic carbocycles. The lowest BCUT2D eigenvalue weighted by atomic mass is 10.1. The van der Waals surface area contributed by atoms with Crippen LogP contribution in [-0.4, -0.2) is 11.1 Å². The van der Waals surface area contributed by atoms with Gasteiger partial charge in [0.25, 0.3) is 0 Å². The second-order valence-corrected chi connectivity index (χ2v) is 4.31. The Kier molecular flexibility index (Phi) is 2.44. The van der Waals surface area contributed by atoms with E-state index in [0.29, 0.717) is 11.9 Å². The molecule has 2 N–H and O–H groups in total. The SMILES string of the molecule is Nc1cc(-c2cccc(OC3CC3)c2)ccn1. The van der Waals surface area contributed by atoms with Crippen molar-refractivity contribution < 1.29 is 4.74 Å². The molecule has 1 aliphatic rings. The molecule has 3 nitrogen and oxygen atoms in total. The van der Waals surface area contributed by atoms with Gasteiger partial charge in [-0.25, -0.2) is 4.98 Å².